The highest BCUT2D eigenvalue weighted by Gasteiger charge is 2.42. The van der Waals surface area contributed by atoms with E-state index in [4.69, 9.17) is 16.3 Å². The predicted octanol–water partition coefficient (Wildman–Crippen LogP) is 5.32. The van der Waals surface area contributed by atoms with Crippen LogP contribution in [0.5, 0.6) is 5.75 Å². The van der Waals surface area contributed by atoms with Gasteiger partial charge in [0.05, 0.1) is 24.8 Å². The summed E-state index contributed by atoms with van der Waals surface area (Å²) < 4.78 is 5.18. The molecule has 4 rings (SSSR count). The molecule has 3 aromatic rings. The molecular weight excluding hydrogens is 440 g/mol. The lowest BCUT2D eigenvalue weighted by Gasteiger charge is -2.29. The van der Waals surface area contributed by atoms with E-state index in [2.05, 4.69) is 6.07 Å². The normalized spacial score (nSPS) is 17.4. The molecule has 1 saturated heterocycles. The van der Waals surface area contributed by atoms with Gasteiger partial charge in [-0.3, -0.25) is 4.79 Å². The molecule has 7 heteroatoms. The van der Waals surface area contributed by atoms with Crippen molar-refractivity contribution >= 4 is 23.5 Å². The third-order valence-electron chi connectivity index (χ3n) is 5.96. The smallest absolute Gasteiger partial charge is 0.326 e. The number of nitrogens with zero attached hydrogens (tertiary/aromatic N) is 2. The lowest BCUT2D eigenvalue weighted by molar-refractivity contribution is -0.141. The number of ether oxygens (including phenoxy) is 1. The number of rotatable bonds is 5. The molecule has 1 amide bonds. The number of amides is 1. The second kappa shape index (κ2) is 9.35. The first kappa shape index (κ1) is 22.4. The Morgan fingerprint density at radius 1 is 1.09 bits per heavy atom. The molecule has 0 unspecified atom stereocenters. The number of carboxylic acid groups (broad SMARTS) is 1. The summed E-state index contributed by atoms with van der Waals surface area (Å²) >= 11 is 6.37. The van der Waals surface area contributed by atoms with Crippen LogP contribution in [0.25, 0.3) is 11.1 Å². The van der Waals surface area contributed by atoms with E-state index in [0.717, 1.165) is 16.7 Å². The molecule has 3 aromatic carbocycles. The van der Waals surface area contributed by atoms with Gasteiger partial charge in [-0.15, -0.1) is 0 Å². The molecular formula is C26H21ClN2O4. The van der Waals surface area contributed by atoms with Crippen LogP contribution in [0.2, 0.25) is 5.02 Å². The average molecular weight is 461 g/mol. The van der Waals surface area contributed by atoms with Crippen LogP contribution in [0.1, 0.15) is 40.4 Å². The molecule has 1 N–H and O–H groups in total. The van der Waals surface area contributed by atoms with E-state index in [1.54, 1.807) is 54.6 Å². The second-order valence-corrected chi connectivity index (χ2v) is 8.19. The van der Waals surface area contributed by atoms with Crippen molar-refractivity contribution in [1.82, 2.24) is 4.90 Å². The second-order valence-electron chi connectivity index (χ2n) is 7.78. The zero-order chi connectivity index (χ0) is 23.5. The number of hydrogen-bond acceptors (Lipinski definition) is 4. The summed E-state index contributed by atoms with van der Waals surface area (Å²) in [6, 6.07) is 20.1. The molecule has 33 heavy (non-hydrogen) atoms. The van der Waals surface area contributed by atoms with Gasteiger partial charge in [-0.1, -0.05) is 41.9 Å². The van der Waals surface area contributed by atoms with Crippen molar-refractivity contribution in [1.29, 1.82) is 5.26 Å². The van der Waals surface area contributed by atoms with E-state index in [1.807, 2.05) is 12.1 Å². The maximum Gasteiger partial charge on any atom is 0.326 e. The van der Waals surface area contributed by atoms with Crippen LogP contribution in [-0.4, -0.2) is 35.0 Å². The van der Waals surface area contributed by atoms with Crippen molar-refractivity contribution in [3.8, 4) is 22.9 Å². The summed E-state index contributed by atoms with van der Waals surface area (Å²) in [5, 5.41) is 19.7. The van der Waals surface area contributed by atoms with Crippen molar-refractivity contribution in [2.75, 3.05) is 7.11 Å². The molecule has 1 fully saturated rings. The Morgan fingerprint density at radius 2 is 1.82 bits per heavy atom. The van der Waals surface area contributed by atoms with Crippen LogP contribution in [-0.2, 0) is 4.79 Å². The Bertz CT molecular complexity index is 1250. The number of carbonyl (C=O) groups is 2. The van der Waals surface area contributed by atoms with Crippen molar-refractivity contribution < 1.29 is 19.4 Å². The first-order valence-electron chi connectivity index (χ1n) is 10.4. The number of likely N-dealkylation sites (tertiary alicyclic amines) is 1. The highest BCUT2D eigenvalue weighted by atomic mass is 35.5. The van der Waals surface area contributed by atoms with Crippen LogP contribution in [0.15, 0.2) is 66.7 Å². The van der Waals surface area contributed by atoms with Gasteiger partial charge in [0.1, 0.15) is 11.8 Å². The largest absolute Gasteiger partial charge is 0.497 e. The third-order valence-corrected chi connectivity index (χ3v) is 6.30. The SMILES string of the molecule is COc1ccc(-c2ccc(C(=O)N3[C@@H](c4ccccc4Cl)CC[C@H]3C(=O)O)cc2)c(C#N)c1. The minimum Gasteiger partial charge on any atom is -0.497 e. The number of nitriles is 1. The maximum absolute atomic E-state index is 13.5. The number of methoxy groups -OCH3 is 1. The molecule has 0 aromatic heterocycles. The Balaban J connectivity index is 1.67. The fourth-order valence-electron chi connectivity index (χ4n) is 4.32. The van der Waals surface area contributed by atoms with Crippen molar-refractivity contribution in [2.45, 2.75) is 24.9 Å². The number of carboxylic acids is 1. The Morgan fingerprint density at radius 3 is 2.45 bits per heavy atom. The van der Waals surface area contributed by atoms with Crippen LogP contribution in [0, 0.1) is 11.3 Å². The minimum atomic E-state index is -1.04. The Hall–Kier alpha value is -3.82. The lowest BCUT2D eigenvalue weighted by atomic mass is 9.98. The molecule has 1 aliphatic heterocycles. The van der Waals surface area contributed by atoms with E-state index < -0.39 is 18.1 Å². The van der Waals surface area contributed by atoms with Gasteiger partial charge in [-0.25, -0.2) is 4.79 Å². The number of aliphatic carboxylic acids is 1. The van der Waals surface area contributed by atoms with E-state index in [1.165, 1.54) is 12.0 Å². The fraction of sp³-hybridized carbons (Fsp3) is 0.192. The monoisotopic (exact) mass is 460 g/mol. The Labute approximate surface area is 196 Å². The summed E-state index contributed by atoms with van der Waals surface area (Å²) in [5.41, 5.74) is 3.05. The fourth-order valence-corrected chi connectivity index (χ4v) is 4.59. The van der Waals surface area contributed by atoms with E-state index >= 15 is 0 Å². The summed E-state index contributed by atoms with van der Waals surface area (Å²) in [6.45, 7) is 0. The van der Waals surface area contributed by atoms with Crippen LogP contribution >= 0.6 is 11.6 Å². The molecule has 0 bridgehead atoms. The third kappa shape index (κ3) is 4.28. The highest BCUT2D eigenvalue weighted by molar-refractivity contribution is 6.31. The van der Waals surface area contributed by atoms with Crippen LogP contribution in [0.3, 0.4) is 0 Å². The van der Waals surface area contributed by atoms with Crippen LogP contribution in [0.4, 0.5) is 0 Å². The van der Waals surface area contributed by atoms with E-state index in [9.17, 15) is 20.0 Å². The first-order valence-corrected chi connectivity index (χ1v) is 10.8. The highest BCUT2D eigenvalue weighted by Crippen LogP contribution is 2.40. The number of carbonyl (C=O) groups excluding carboxylic acids is 1. The zero-order valence-electron chi connectivity index (χ0n) is 17.9. The molecule has 6 nitrogen and oxygen atoms in total. The Kier molecular flexibility index (Phi) is 6.34. The van der Waals surface area contributed by atoms with Gasteiger partial charge in [-0.05, 0) is 65.9 Å². The predicted molar refractivity (Wildman–Crippen MR) is 124 cm³/mol. The van der Waals surface area contributed by atoms with Crippen LogP contribution < -0.4 is 4.74 Å². The molecule has 2 atom stereocenters. The van der Waals surface area contributed by atoms with Gasteiger partial charge in [0.2, 0.25) is 0 Å². The zero-order valence-corrected chi connectivity index (χ0v) is 18.6. The van der Waals surface area contributed by atoms with Crippen molar-refractivity contribution in [2.24, 2.45) is 0 Å². The average Bonchev–Trinajstić information content (AvgIpc) is 3.29. The number of benzene rings is 3. The topological polar surface area (TPSA) is 90.6 Å². The van der Waals surface area contributed by atoms with Gasteiger partial charge in [0.25, 0.3) is 5.91 Å². The lowest BCUT2D eigenvalue weighted by Crippen LogP contribution is -2.41. The summed E-state index contributed by atoms with van der Waals surface area (Å²) in [5.74, 6) is -0.820. The summed E-state index contributed by atoms with van der Waals surface area (Å²) in [6.07, 6.45) is 0.869. The van der Waals surface area contributed by atoms with Gasteiger partial charge < -0.3 is 14.7 Å². The molecule has 1 aliphatic rings. The van der Waals surface area contributed by atoms with E-state index in [0.29, 0.717) is 34.7 Å². The van der Waals surface area contributed by atoms with Crippen molar-refractivity contribution in [3.05, 3.63) is 88.4 Å². The minimum absolute atomic E-state index is 0.354. The quantitative estimate of drug-likeness (QED) is 0.556. The first-order chi connectivity index (χ1) is 15.9. The molecule has 1 heterocycles. The summed E-state index contributed by atoms with van der Waals surface area (Å²) in [4.78, 5) is 26.8. The number of hydrogen-bond donors (Lipinski definition) is 1. The number of halogens is 1. The standard InChI is InChI=1S/C26H21ClN2O4/c1-33-19-10-11-20(18(14-19)15-28)16-6-8-17(9-7-16)25(30)29-23(12-13-24(29)26(31)32)21-4-2-3-5-22(21)27/h2-11,14,23-24H,12-13H2,1H3,(H,31,32)/t23-,24+/m1/s1. The maximum atomic E-state index is 13.5. The molecule has 0 spiro atoms. The molecule has 0 saturated carbocycles. The van der Waals surface area contributed by atoms with Crippen molar-refractivity contribution in [3.63, 3.8) is 0 Å². The van der Waals surface area contributed by atoms with E-state index in [-0.39, 0.29) is 5.91 Å². The van der Waals surface area contributed by atoms with Gasteiger partial charge in [-0.2, -0.15) is 5.26 Å². The molecule has 0 aliphatic carbocycles. The van der Waals surface area contributed by atoms with Gasteiger partial charge >= 0.3 is 5.97 Å². The molecule has 166 valence electrons. The van der Waals surface area contributed by atoms with Gasteiger partial charge in [0.15, 0.2) is 0 Å². The summed E-state index contributed by atoms with van der Waals surface area (Å²) in [7, 11) is 1.54. The molecule has 0 radical (unpaired) electrons. The van der Waals surface area contributed by atoms with Gasteiger partial charge in [0, 0.05) is 10.6 Å².